The number of carbonyl (C=O) groups is 1. The summed E-state index contributed by atoms with van der Waals surface area (Å²) in [4.78, 5) is 23.0. The molecule has 0 aliphatic rings. The van der Waals surface area contributed by atoms with E-state index >= 15 is 0 Å². The van der Waals surface area contributed by atoms with Crippen molar-refractivity contribution in [1.82, 2.24) is 5.43 Å². The molecule has 1 N–H and O–H groups in total. The van der Waals surface area contributed by atoms with E-state index in [2.05, 4.69) is 10.5 Å². The second-order valence-corrected chi connectivity index (χ2v) is 6.64. The van der Waals surface area contributed by atoms with Crippen LogP contribution >= 0.6 is 0 Å². The molecule has 1 amide bonds. The Morgan fingerprint density at radius 2 is 1.90 bits per heavy atom. The van der Waals surface area contributed by atoms with Crippen molar-refractivity contribution in [3.8, 4) is 22.8 Å². The van der Waals surface area contributed by atoms with Crippen LogP contribution in [0, 0.1) is 17.0 Å². The number of hydrazone groups is 1. The third-order valence-electron chi connectivity index (χ3n) is 4.44. The summed E-state index contributed by atoms with van der Waals surface area (Å²) in [5.74, 6) is 1.46. The number of amides is 1. The van der Waals surface area contributed by atoms with Crippen molar-refractivity contribution in [3.05, 3.63) is 75.5 Å². The Balaban J connectivity index is 1.65. The quantitative estimate of drug-likeness (QED) is 0.334. The number of hydrogen-bond acceptors (Lipinski definition) is 7. The lowest BCUT2D eigenvalue weighted by Crippen LogP contribution is -2.19. The molecule has 0 aliphatic carbocycles. The number of aryl methyl sites for hydroxylation is 1. The molecule has 0 atom stereocenters. The molecule has 0 aliphatic heterocycles. The normalized spacial score (nSPS) is 10.8. The van der Waals surface area contributed by atoms with Crippen molar-refractivity contribution in [2.75, 3.05) is 14.2 Å². The average Bonchev–Trinajstić information content (AvgIpc) is 3.22. The Kier molecular flexibility index (Phi) is 6.66. The van der Waals surface area contributed by atoms with E-state index in [0.29, 0.717) is 28.6 Å². The summed E-state index contributed by atoms with van der Waals surface area (Å²) in [6.07, 6.45) is 1.42. The summed E-state index contributed by atoms with van der Waals surface area (Å²) < 4.78 is 16.0. The van der Waals surface area contributed by atoms with Crippen LogP contribution in [0.15, 0.2) is 58.0 Å². The summed E-state index contributed by atoms with van der Waals surface area (Å²) in [5.41, 5.74) is 4.26. The van der Waals surface area contributed by atoms with Gasteiger partial charge in [0.1, 0.15) is 11.5 Å². The van der Waals surface area contributed by atoms with E-state index in [4.69, 9.17) is 13.9 Å². The van der Waals surface area contributed by atoms with Gasteiger partial charge in [-0.15, -0.1) is 0 Å². The highest BCUT2D eigenvalue weighted by Crippen LogP contribution is 2.31. The van der Waals surface area contributed by atoms with Crippen molar-refractivity contribution < 1.29 is 23.6 Å². The molecule has 31 heavy (non-hydrogen) atoms. The van der Waals surface area contributed by atoms with Crippen molar-refractivity contribution in [2.24, 2.45) is 5.10 Å². The van der Waals surface area contributed by atoms with E-state index in [0.717, 1.165) is 11.1 Å². The van der Waals surface area contributed by atoms with Gasteiger partial charge in [0.15, 0.2) is 11.5 Å². The summed E-state index contributed by atoms with van der Waals surface area (Å²) in [5, 5.41) is 15.2. The molecule has 3 rings (SSSR count). The van der Waals surface area contributed by atoms with Gasteiger partial charge in [-0.2, -0.15) is 5.10 Å². The topological polar surface area (TPSA) is 116 Å². The monoisotopic (exact) mass is 423 g/mol. The van der Waals surface area contributed by atoms with Crippen LogP contribution in [-0.2, 0) is 11.2 Å². The molecule has 9 nitrogen and oxygen atoms in total. The van der Waals surface area contributed by atoms with Gasteiger partial charge >= 0.3 is 0 Å². The number of ether oxygens (including phenoxy) is 2. The number of rotatable bonds is 8. The Hall–Kier alpha value is -4.14. The van der Waals surface area contributed by atoms with Gasteiger partial charge in [0, 0.05) is 6.07 Å². The van der Waals surface area contributed by atoms with Crippen LogP contribution in [0.25, 0.3) is 11.3 Å². The first kappa shape index (κ1) is 21.6. The Bertz CT molecular complexity index is 1140. The van der Waals surface area contributed by atoms with Gasteiger partial charge in [-0.1, -0.05) is 12.1 Å². The van der Waals surface area contributed by atoms with E-state index in [-0.39, 0.29) is 18.0 Å². The molecule has 160 valence electrons. The number of carbonyl (C=O) groups excluding carboxylic acids is 1. The Morgan fingerprint density at radius 1 is 1.13 bits per heavy atom. The van der Waals surface area contributed by atoms with Crippen LogP contribution in [0.1, 0.15) is 16.9 Å². The zero-order chi connectivity index (χ0) is 22.4. The highest BCUT2D eigenvalue weighted by atomic mass is 16.6. The van der Waals surface area contributed by atoms with E-state index in [1.54, 1.807) is 49.4 Å². The zero-order valence-corrected chi connectivity index (χ0v) is 17.2. The number of methoxy groups -OCH3 is 2. The largest absolute Gasteiger partial charge is 0.493 e. The maximum absolute atomic E-state index is 12.1. The lowest BCUT2D eigenvalue weighted by molar-refractivity contribution is -0.384. The van der Waals surface area contributed by atoms with Gasteiger partial charge in [-0.05, 0) is 48.4 Å². The minimum atomic E-state index is -0.451. The van der Waals surface area contributed by atoms with E-state index < -0.39 is 4.92 Å². The fourth-order valence-corrected chi connectivity index (χ4v) is 2.95. The summed E-state index contributed by atoms with van der Waals surface area (Å²) in [6, 6.07) is 13.3. The highest BCUT2D eigenvalue weighted by molar-refractivity contribution is 5.82. The number of nitrogens with one attached hydrogen (secondary N) is 1. The zero-order valence-electron chi connectivity index (χ0n) is 17.2. The van der Waals surface area contributed by atoms with Gasteiger partial charge in [0.25, 0.3) is 5.69 Å². The first-order chi connectivity index (χ1) is 14.9. The SMILES string of the molecule is COc1ccc(CC(=O)N/N=C\c2ccc(-c3ccc(C)cc3[N+](=O)[O-])o2)cc1OC. The van der Waals surface area contributed by atoms with Crippen LogP contribution in [-0.4, -0.2) is 31.3 Å². The minimum Gasteiger partial charge on any atom is -0.493 e. The number of nitro benzene ring substituents is 1. The Morgan fingerprint density at radius 3 is 2.61 bits per heavy atom. The number of furan rings is 1. The minimum absolute atomic E-state index is 0.0407. The van der Waals surface area contributed by atoms with Gasteiger partial charge in [-0.25, -0.2) is 5.43 Å². The van der Waals surface area contributed by atoms with Gasteiger partial charge in [0.05, 0.1) is 37.3 Å². The maximum Gasteiger partial charge on any atom is 0.280 e. The third kappa shape index (κ3) is 5.27. The lowest BCUT2D eigenvalue weighted by atomic mass is 10.1. The van der Waals surface area contributed by atoms with Crippen molar-refractivity contribution in [2.45, 2.75) is 13.3 Å². The number of hydrogen-bond donors (Lipinski definition) is 1. The first-order valence-corrected chi connectivity index (χ1v) is 9.29. The molecule has 2 aromatic carbocycles. The van der Waals surface area contributed by atoms with E-state index in [1.165, 1.54) is 26.5 Å². The van der Waals surface area contributed by atoms with E-state index in [1.807, 2.05) is 0 Å². The molecular formula is C22H21N3O6. The van der Waals surface area contributed by atoms with Crippen LogP contribution in [0.4, 0.5) is 5.69 Å². The van der Waals surface area contributed by atoms with Gasteiger partial charge in [-0.3, -0.25) is 14.9 Å². The number of nitro groups is 1. The average molecular weight is 423 g/mol. The van der Waals surface area contributed by atoms with Crippen LogP contribution in [0.5, 0.6) is 11.5 Å². The molecule has 1 heterocycles. The summed E-state index contributed by atoms with van der Waals surface area (Å²) in [7, 11) is 3.06. The molecule has 3 aromatic rings. The lowest BCUT2D eigenvalue weighted by Gasteiger charge is -2.09. The summed E-state index contributed by atoms with van der Waals surface area (Å²) in [6.45, 7) is 1.78. The van der Waals surface area contributed by atoms with Crippen molar-refractivity contribution >= 4 is 17.8 Å². The highest BCUT2D eigenvalue weighted by Gasteiger charge is 2.18. The second-order valence-electron chi connectivity index (χ2n) is 6.64. The van der Waals surface area contributed by atoms with E-state index in [9.17, 15) is 14.9 Å². The molecule has 0 unspecified atom stereocenters. The second kappa shape index (κ2) is 9.57. The maximum atomic E-state index is 12.1. The first-order valence-electron chi connectivity index (χ1n) is 9.29. The Labute approximate surface area is 178 Å². The third-order valence-corrected chi connectivity index (χ3v) is 4.44. The summed E-state index contributed by atoms with van der Waals surface area (Å²) >= 11 is 0. The number of nitrogens with zero attached hydrogens (tertiary/aromatic N) is 2. The van der Waals surface area contributed by atoms with Crippen molar-refractivity contribution in [1.29, 1.82) is 0 Å². The van der Waals surface area contributed by atoms with Gasteiger partial charge < -0.3 is 13.9 Å². The molecule has 0 saturated carbocycles. The predicted octanol–water partition coefficient (Wildman–Crippen LogP) is 3.87. The fraction of sp³-hybridized carbons (Fsp3) is 0.182. The molecule has 0 spiro atoms. The molecule has 9 heteroatoms. The smallest absolute Gasteiger partial charge is 0.280 e. The number of benzene rings is 2. The molecular weight excluding hydrogens is 402 g/mol. The molecule has 0 radical (unpaired) electrons. The predicted molar refractivity (Wildman–Crippen MR) is 115 cm³/mol. The van der Waals surface area contributed by atoms with Crippen LogP contribution in [0.3, 0.4) is 0 Å². The molecule has 0 saturated heterocycles. The standard InChI is InChI=1S/C22H21N3O6/c1-14-4-7-17(18(10-14)25(27)28)19-9-6-16(31-19)13-23-24-22(26)12-15-5-8-20(29-2)21(11-15)30-3/h4-11,13H,12H2,1-3H3,(H,24,26)/b23-13-. The molecule has 0 fully saturated rings. The fourth-order valence-electron chi connectivity index (χ4n) is 2.95. The molecule has 0 bridgehead atoms. The van der Waals surface area contributed by atoms with Crippen LogP contribution < -0.4 is 14.9 Å². The van der Waals surface area contributed by atoms with Crippen LogP contribution in [0.2, 0.25) is 0 Å². The van der Waals surface area contributed by atoms with Gasteiger partial charge in [0.2, 0.25) is 5.91 Å². The van der Waals surface area contributed by atoms with Crippen molar-refractivity contribution in [3.63, 3.8) is 0 Å². The molecule has 1 aromatic heterocycles.